The molecule has 0 aromatic heterocycles. The second-order valence-electron chi connectivity index (χ2n) is 6.00. The molecule has 1 aromatic carbocycles. The zero-order valence-corrected chi connectivity index (χ0v) is 11.1. The molecule has 0 unspecified atom stereocenters. The van der Waals surface area contributed by atoms with Gasteiger partial charge >= 0.3 is 0 Å². The van der Waals surface area contributed by atoms with Gasteiger partial charge < -0.3 is 10.6 Å². The number of anilines is 1. The molecule has 0 atom stereocenters. The van der Waals surface area contributed by atoms with Crippen LogP contribution in [0.4, 0.5) is 5.69 Å². The van der Waals surface area contributed by atoms with Crippen LogP contribution in [0.5, 0.6) is 0 Å². The Hall–Kier alpha value is -1.02. The van der Waals surface area contributed by atoms with Crippen LogP contribution < -0.4 is 5.73 Å². The number of hydrogen-bond acceptors (Lipinski definition) is 2. The molecular formula is C15H24N2. The molecule has 0 aliphatic carbocycles. The fourth-order valence-corrected chi connectivity index (χ4v) is 2.35. The lowest BCUT2D eigenvalue weighted by atomic mass is 9.82. The average molecular weight is 232 g/mol. The van der Waals surface area contributed by atoms with Crippen molar-refractivity contribution in [2.45, 2.75) is 33.1 Å². The number of rotatable bonds is 3. The molecule has 0 bridgehead atoms. The zero-order valence-electron chi connectivity index (χ0n) is 11.1. The third-order valence-corrected chi connectivity index (χ3v) is 3.91. The molecule has 2 N–H and O–H groups in total. The van der Waals surface area contributed by atoms with E-state index in [2.05, 4.69) is 30.9 Å². The number of piperidine rings is 1. The standard InChI is InChI=1S/C15H24N2/c1-15(2)8-11-17(12-9-15)10-7-13-3-5-14(16)6-4-13/h3-6H,7-12,16H2,1-2H3. The third-order valence-electron chi connectivity index (χ3n) is 3.91. The smallest absolute Gasteiger partial charge is 0.0314 e. The Bertz CT molecular complexity index is 344. The van der Waals surface area contributed by atoms with Crippen LogP contribution in [-0.4, -0.2) is 24.5 Å². The van der Waals surface area contributed by atoms with Gasteiger partial charge in [0.05, 0.1) is 0 Å². The molecular weight excluding hydrogens is 208 g/mol. The second-order valence-corrected chi connectivity index (χ2v) is 6.00. The molecule has 1 saturated heterocycles. The second kappa shape index (κ2) is 5.09. The summed E-state index contributed by atoms with van der Waals surface area (Å²) < 4.78 is 0. The van der Waals surface area contributed by atoms with Crippen LogP contribution >= 0.6 is 0 Å². The molecule has 0 spiro atoms. The lowest BCUT2D eigenvalue weighted by molar-refractivity contribution is 0.134. The molecule has 0 amide bonds. The molecule has 2 nitrogen and oxygen atoms in total. The van der Waals surface area contributed by atoms with E-state index in [-0.39, 0.29) is 0 Å². The maximum atomic E-state index is 5.69. The summed E-state index contributed by atoms with van der Waals surface area (Å²) in [5, 5.41) is 0. The van der Waals surface area contributed by atoms with Crippen molar-refractivity contribution in [3.63, 3.8) is 0 Å². The van der Waals surface area contributed by atoms with Crippen molar-refractivity contribution >= 4 is 5.69 Å². The van der Waals surface area contributed by atoms with Crippen LogP contribution in [0.1, 0.15) is 32.3 Å². The van der Waals surface area contributed by atoms with Gasteiger partial charge in [-0.3, -0.25) is 0 Å². The van der Waals surface area contributed by atoms with Crippen molar-refractivity contribution in [1.29, 1.82) is 0 Å². The van der Waals surface area contributed by atoms with Crippen LogP contribution in [-0.2, 0) is 6.42 Å². The van der Waals surface area contributed by atoms with Gasteiger partial charge in [-0.1, -0.05) is 26.0 Å². The van der Waals surface area contributed by atoms with E-state index in [1.807, 2.05) is 12.1 Å². The highest BCUT2D eigenvalue weighted by molar-refractivity contribution is 5.39. The Kier molecular flexibility index (Phi) is 3.72. The van der Waals surface area contributed by atoms with Crippen molar-refractivity contribution < 1.29 is 0 Å². The van der Waals surface area contributed by atoms with Crippen LogP contribution in [0.25, 0.3) is 0 Å². The molecule has 1 fully saturated rings. The summed E-state index contributed by atoms with van der Waals surface area (Å²) in [4.78, 5) is 2.58. The van der Waals surface area contributed by atoms with E-state index >= 15 is 0 Å². The summed E-state index contributed by atoms with van der Waals surface area (Å²) in [5.41, 5.74) is 8.49. The molecule has 1 aromatic rings. The van der Waals surface area contributed by atoms with Crippen LogP contribution in [0.15, 0.2) is 24.3 Å². The minimum absolute atomic E-state index is 0.553. The van der Waals surface area contributed by atoms with E-state index in [0.717, 1.165) is 12.1 Å². The van der Waals surface area contributed by atoms with Crippen molar-refractivity contribution in [1.82, 2.24) is 4.90 Å². The number of likely N-dealkylation sites (tertiary alicyclic amines) is 1. The van der Waals surface area contributed by atoms with E-state index in [0.29, 0.717) is 5.41 Å². The van der Waals surface area contributed by atoms with Crippen molar-refractivity contribution in [2.75, 3.05) is 25.4 Å². The first-order valence-corrected chi connectivity index (χ1v) is 6.62. The number of nitrogen functional groups attached to an aromatic ring is 1. The molecule has 2 heteroatoms. The van der Waals surface area contributed by atoms with Gasteiger partial charge in [-0.25, -0.2) is 0 Å². The molecule has 0 radical (unpaired) electrons. The predicted octanol–water partition coefficient (Wildman–Crippen LogP) is 2.93. The molecule has 1 aliphatic heterocycles. The Morgan fingerprint density at radius 2 is 1.71 bits per heavy atom. The average Bonchev–Trinajstić information content (AvgIpc) is 2.30. The highest BCUT2D eigenvalue weighted by atomic mass is 15.1. The quantitative estimate of drug-likeness (QED) is 0.812. The maximum Gasteiger partial charge on any atom is 0.0314 e. The van der Waals surface area contributed by atoms with E-state index < -0.39 is 0 Å². The maximum absolute atomic E-state index is 5.69. The minimum Gasteiger partial charge on any atom is -0.399 e. The highest BCUT2D eigenvalue weighted by Gasteiger charge is 2.24. The first-order chi connectivity index (χ1) is 8.05. The van der Waals surface area contributed by atoms with Gasteiger partial charge in [0.25, 0.3) is 0 Å². The number of benzene rings is 1. The molecule has 0 saturated carbocycles. The minimum atomic E-state index is 0.553. The lowest BCUT2D eigenvalue weighted by Gasteiger charge is -2.36. The van der Waals surface area contributed by atoms with Gasteiger partial charge in [-0.2, -0.15) is 0 Å². The van der Waals surface area contributed by atoms with Gasteiger partial charge in [-0.05, 0) is 55.5 Å². The van der Waals surface area contributed by atoms with Crippen LogP contribution in [0, 0.1) is 5.41 Å². The highest BCUT2D eigenvalue weighted by Crippen LogP contribution is 2.29. The van der Waals surface area contributed by atoms with Gasteiger partial charge in [0.2, 0.25) is 0 Å². The zero-order chi connectivity index (χ0) is 12.3. The Labute approximate surface area is 105 Å². The SMILES string of the molecule is CC1(C)CCN(CCc2ccc(N)cc2)CC1. The molecule has 1 aliphatic rings. The van der Waals surface area contributed by atoms with E-state index in [9.17, 15) is 0 Å². The normalized spacial score (nSPS) is 20.4. The Morgan fingerprint density at radius 3 is 2.29 bits per heavy atom. The number of nitrogens with zero attached hydrogens (tertiary/aromatic N) is 1. The first kappa shape index (κ1) is 12.4. The van der Waals surface area contributed by atoms with E-state index in [1.54, 1.807) is 0 Å². The van der Waals surface area contributed by atoms with E-state index in [1.165, 1.54) is 38.0 Å². The third kappa shape index (κ3) is 3.74. The molecule has 1 heterocycles. The van der Waals surface area contributed by atoms with Crippen molar-refractivity contribution in [2.24, 2.45) is 5.41 Å². The Morgan fingerprint density at radius 1 is 1.12 bits per heavy atom. The summed E-state index contributed by atoms with van der Waals surface area (Å²) in [6.45, 7) is 8.44. The van der Waals surface area contributed by atoms with Crippen LogP contribution in [0.3, 0.4) is 0 Å². The predicted molar refractivity (Wildman–Crippen MR) is 74.0 cm³/mol. The fraction of sp³-hybridized carbons (Fsp3) is 0.600. The van der Waals surface area contributed by atoms with Gasteiger partial charge in [-0.15, -0.1) is 0 Å². The summed E-state index contributed by atoms with van der Waals surface area (Å²) in [6, 6.07) is 8.27. The lowest BCUT2D eigenvalue weighted by Crippen LogP contribution is -2.38. The van der Waals surface area contributed by atoms with Gasteiger partial charge in [0.15, 0.2) is 0 Å². The van der Waals surface area contributed by atoms with Crippen molar-refractivity contribution in [3.8, 4) is 0 Å². The molecule has 17 heavy (non-hydrogen) atoms. The fourth-order valence-electron chi connectivity index (χ4n) is 2.35. The first-order valence-electron chi connectivity index (χ1n) is 6.62. The molecule has 94 valence electrons. The summed E-state index contributed by atoms with van der Waals surface area (Å²) in [6.07, 6.45) is 3.80. The Balaban J connectivity index is 1.78. The van der Waals surface area contributed by atoms with Gasteiger partial charge in [0.1, 0.15) is 0 Å². The van der Waals surface area contributed by atoms with Crippen LogP contribution in [0.2, 0.25) is 0 Å². The van der Waals surface area contributed by atoms with E-state index in [4.69, 9.17) is 5.73 Å². The van der Waals surface area contributed by atoms with Crippen molar-refractivity contribution in [3.05, 3.63) is 29.8 Å². The summed E-state index contributed by atoms with van der Waals surface area (Å²) in [5.74, 6) is 0. The topological polar surface area (TPSA) is 29.3 Å². The summed E-state index contributed by atoms with van der Waals surface area (Å²) in [7, 11) is 0. The number of nitrogens with two attached hydrogens (primary N) is 1. The van der Waals surface area contributed by atoms with Gasteiger partial charge in [0, 0.05) is 12.2 Å². The number of hydrogen-bond donors (Lipinski definition) is 1. The largest absolute Gasteiger partial charge is 0.399 e. The monoisotopic (exact) mass is 232 g/mol. The summed E-state index contributed by atoms with van der Waals surface area (Å²) >= 11 is 0. The molecule has 2 rings (SSSR count).